The third kappa shape index (κ3) is 4.81. The van der Waals surface area contributed by atoms with Gasteiger partial charge in [-0.15, -0.1) is 0 Å². The molecule has 148 valence electrons. The van der Waals surface area contributed by atoms with Gasteiger partial charge in [-0.05, 0) is 68.2 Å². The van der Waals surface area contributed by atoms with E-state index in [1.807, 2.05) is 12.1 Å². The molecule has 1 aromatic carbocycles. The zero-order chi connectivity index (χ0) is 18.8. The van der Waals surface area contributed by atoms with E-state index in [0.717, 1.165) is 63.6 Å². The molecule has 1 amide bonds. The summed E-state index contributed by atoms with van der Waals surface area (Å²) in [5.41, 5.74) is 1.10. The third-order valence-electron chi connectivity index (χ3n) is 6.68. The van der Waals surface area contributed by atoms with E-state index in [1.54, 1.807) is 0 Å². The number of anilines is 1. The third-order valence-corrected chi connectivity index (χ3v) is 6.68. The standard InChI is InChI=1S/C22H32FN3O/c1-16-2-6-19(7-3-16)24-22(27)21-14-17(21)15-25-10-12-26(13-11-25)20-8-4-18(23)5-9-20/h4-5,8-9,16-17,19,21H,2-3,6-7,10-15H2,1H3,(H,24,27)/t16?,17?,19?,21-/m0/s1. The molecule has 3 fully saturated rings. The molecule has 1 unspecified atom stereocenters. The molecular formula is C22H32FN3O. The zero-order valence-corrected chi connectivity index (χ0v) is 16.4. The Bertz CT molecular complexity index is 633. The first kappa shape index (κ1) is 18.7. The van der Waals surface area contributed by atoms with Gasteiger partial charge in [-0.25, -0.2) is 4.39 Å². The fourth-order valence-corrected chi connectivity index (χ4v) is 4.66. The molecule has 1 heterocycles. The fourth-order valence-electron chi connectivity index (χ4n) is 4.66. The highest BCUT2D eigenvalue weighted by Crippen LogP contribution is 2.40. The van der Waals surface area contributed by atoms with Crippen molar-refractivity contribution in [1.82, 2.24) is 10.2 Å². The van der Waals surface area contributed by atoms with Crippen molar-refractivity contribution in [3.63, 3.8) is 0 Å². The zero-order valence-electron chi connectivity index (χ0n) is 16.4. The Morgan fingerprint density at radius 2 is 1.74 bits per heavy atom. The number of nitrogens with one attached hydrogen (secondary N) is 1. The highest BCUT2D eigenvalue weighted by Gasteiger charge is 2.44. The number of halogens is 1. The summed E-state index contributed by atoms with van der Waals surface area (Å²) in [7, 11) is 0. The molecule has 1 aliphatic heterocycles. The number of rotatable bonds is 5. The maximum atomic E-state index is 13.1. The number of hydrogen-bond donors (Lipinski definition) is 1. The van der Waals surface area contributed by atoms with Crippen molar-refractivity contribution >= 4 is 11.6 Å². The van der Waals surface area contributed by atoms with Gasteiger partial charge in [0.15, 0.2) is 0 Å². The minimum atomic E-state index is -0.182. The molecule has 0 spiro atoms. The van der Waals surface area contributed by atoms with Gasteiger partial charge in [-0.2, -0.15) is 0 Å². The maximum absolute atomic E-state index is 13.1. The van der Waals surface area contributed by atoms with Crippen LogP contribution in [0.15, 0.2) is 24.3 Å². The van der Waals surface area contributed by atoms with Crippen molar-refractivity contribution in [2.45, 2.75) is 45.1 Å². The molecular weight excluding hydrogens is 341 g/mol. The predicted molar refractivity (Wildman–Crippen MR) is 106 cm³/mol. The first-order valence-corrected chi connectivity index (χ1v) is 10.6. The minimum Gasteiger partial charge on any atom is -0.369 e. The number of amides is 1. The quantitative estimate of drug-likeness (QED) is 0.860. The first-order chi connectivity index (χ1) is 13.1. The van der Waals surface area contributed by atoms with E-state index in [2.05, 4.69) is 22.0 Å². The van der Waals surface area contributed by atoms with Gasteiger partial charge in [0.05, 0.1) is 0 Å². The van der Waals surface area contributed by atoms with Crippen LogP contribution in [-0.4, -0.2) is 49.6 Å². The van der Waals surface area contributed by atoms with Crippen molar-refractivity contribution in [2.75, 3.05) is 37.6 Å². The molecule has 1 N–H and O–H groups in total. The Balaban J connectivity index is 1.17. The number of hydrogen-bond acceptors (Lipinski definition) is 3. The van der Waals surface area contributed by atoms with Crippen molar-refractivity contribution < 1.29 is 9.18 Å². The number of nitrogens with zero attached hydrogens (tertiary/aromatic N) is 2. The van der Waals surface area contributed by atoms with Gasteiger partial charge in [0, 0.05) is 50.4 Å². The summed E-state index contributed by atoms with van der Waals surface area (Å²) in [6.45, 7) is 7.32. The molecule has 2 aliphatic carbocycles. The Labute approximate surface area is 162 Å². The van der Waals surface area contributed by atoms with Crippen LogP contribution in [0.4, 0.5) is 10.1 Å². The van der Waals surface area contributed by atoms with E-state index in [0.29, 0.717) is 17.9 Å². The van der Waals surface area contributed by atoms with E-state index in [1.165, 1.54) is 25.0 Å². The molecule has 2 atom stereocenters. The molecule has 2 saturated carbocycles. The summed E-state index contributed by atoms with van der Waals surface area (Å²) in [4.78, 5) is 17.3. The Kier molecular flexibility index (Phi) is 5.67. The smallest absolute Gasteiger partial charge is 0.223 e. The summed E-state index contributed by atoms with van der Waals surface area (Å²) in [5, 5.41) is 3.31. The molecule has 1 aromatic rings. The van der Waals surface area contributed by atoms with Gasteiger partial charge in [-0.1, -0.05) is 6.92 Å². The van der Waals surface area contributed by atoms with E-state index in [9.17, 15) is 9.18 Å². The van der Waals surface area contributed by atoms with Crippen LogP contribution >= 0.6 is 0 Å². The molecule has 27 heavy (non-hydrogen) atoms. The van der Waals surface area contributed by atoms with Crippen molar-refractivity contribution in [1.29, 1.82) is 0 Å². The lowest BCUT2D eigenvalue weighted by Gasteiger charge is -2.36. The summed E-state index contributed by atoms with van der Waals surface area (Å²) in [6, 6.07) is 7.19. The van der Waals surface area contributed by atoms with E-state index in [4.69, 9.17) is 0 Å². The summed E-state index contributed by atoms with van der Waals surface area (Å²) >= 11 is 0. The molecule has 4 nitrogen and oxygen atoms in total. The first-order valence-electron chi connectivity index (χ1n) is 10.6. The van der Waals surface area contributed by atoms with Crippen LogP contribution in [0.3, 0.4) is 0 Å². The molecule has 0 aromatic heterocycles. The second-order valence-electron chi connectivity index (χ2n) is 8.83. The molecule has 1 saturated heterocycles. The van der Waals surface area contributed by atoms with Crippen molar-refractivity contribution in [3.05, 3.63) is 30.1 Å². The maximum Gasteiger partial charge on any atom is 0.223 e. The van der Waals surface area contributed by atoms with Crippen LogP contribution in [0.5, 0.6) is 0 Å². The number of carbonyl (C=O) groups is 1. The van der Waals surface area contributed by atoms with Crippen LogP contribution in [0.25, 0.3) is 0 Å². The lowest BCUT2D eigenvalue weighted by molar-refractivity contribution is -0.123. The van der Waals surface area contributed by atoms with Gasteiger partial charge in [0.2, 0.25) is 5.91 Å². The Morgan fingerprint density at radius 3 is 2.41 bits per heavy atom. The van der Waals surface area contributed by atoms with Gasteiger partial charge in [0.25, 0.3) is 0 Å². The van der Waals surface area contributed by atoms with Gasteiger partial charge < -0.3 is 10.2 Å². The Hall–Kier alpha value is -1.62. The van der Waals surface area contributed by atoms with Crippen molar-refractivity contribution in [2.24, 2.45) is 17.8 Å². The second-order valence-corrected chi connectivity index (χ2v) is 8.83. The van der Waals surface area contributed by atoms with Crippen LogP contribution in [0.2, 0.25) is 0 Å². The Morgan fingerprint density at radius 1 is 1.07 bits per heavy atom. The molecule has 0 radical (unpaired) electrons. The van der Waals surface area contributed by atoms with Crippen LogP contribution in [0, 0.1) is 23.6 Å². The van der Waals surface area contributed by atoms with Gasteiger partial charge in [0.1, 0.15) is 5.82 Å². The molecule has 3 aliphatic rings. The van der Waals surface area contributed by atoms with Gasteiger partial charge >= 0.3 is 0 Å². The second kappa shape index (κ2) is 8.17. The lowest BCUT2D eigenvalue weighted by atomic mass is 9.87. The van der Waals surface area contributed by atoms with E-state index < -0.39 is 0 Å². The van der Waals surface area contributed by atoms with E-state index in [-0.39, 0.29) is 11.7 Å². The average molecular weight is 374 g/mol. The molecule has 0 bridgehead atoms. The number of piperazine rings is 1. The summed E-state index contributed by atoms with van der Waals surface area (Å²) in [5.74, 6) is 1.70. The lowest BCUT2D eigenvalue weighted by Crippen LogP contribution is -2.47. The van der Waals surface area contributed by atoms with Crippen LogP contribution < -0.4 is 10.2 Å². The van der Waals surface area contributed by atoms with Crippen LogP contribution in [0.1, 0.15) is 39.0 Å². The topological polar surface area (TPSA) is 35.6 Å². The van der Waals surface area contributed by atoms with Crippen molar-refractivity contribution in [3.8, 4) is 0 Å². The summed E-state index contributed by atoms with van der Waals surface area (Å²) < 4.78 is 13.1. The van der Waals surface area contributed by atoms with Gasteiger partial charge in [-0.3, -0.25) is 9.69 Å². The van der Waals surface area contributed by atoms with Crippen LogP contribution in [-0.2, 0) is 4.79 Å². The fraction of sp³-hybridized carbons (Fsp3) is 0.682. The molecule has 4 rings (SSSR count). The highest BCUT2D eigenvalue weighted by molar-refractivity contribution is 5.81. The normalized spacial score (nSPS) is 31.6. The molecule has 5 heteroatoms. The minimum absolute atomic E-state index is 0.182. The van der Waals surface area contributed by atoms with E-state index >= 15 is 0 Å². The number of carbonyl (C=O) groups excluding carboxylic acids is 1. The number of benzene rings is 1. The average Bonchev–Trinajstić information content (AvgIpc) is 3.44. The largest absolute Gasteiger partial charge is 0.369 e. The SMILES string of the molecule is CC1CCC(NC(=O)[C@H]2CC2CN2CCN(c3ccc(F)cc3)CC2)CC1. The monoisotopic (exact) mass is 373 g/mol. The predicted octanol–water partition coefficient (Wildman–Crippen LogP) is 3.28. The highest BCUT2D eigenvalue weighted by atomic mass is 19.1. The summed E-state index contributed by atoms with van der Waals surface area (Å²) in [6.07, 6.45) is 5.84.